The number of carbonyl (C=O) groups excluding carboxylic acids is 1. The number of nitrogens with two attached hydrogens (primary N) is 1. The van der Waals surface area contributed by atoms with Crippen molar-refractivity contribution in [3.8, 4) is 0 Å². The Bertz CT molecular complexity index is 487. The summed E-state index contributed by atoms with van der Waals surface area (Å²) in [6, 6.07) is 7.25. The lowest BCUT2D eigenvalue weighted by Crippen LogP contribution is -2.42. The van der Waals surface area contributed by atoms with Crippen molar-refractivity contribution in [3.63, 3.8) is 0 Å². The number of nitrogens with one attached hydrogen (secondary N) is 1. The second-order valence-corrected chi connectivity index (χ2v) is 4.84. The molecule has 5 heteroatoms. The van der Waals surface area contributed by atoms with Crippen LogP contribution in [0.3, 0.4) is 0 Å². The van der Waals surface area contributed by atoms with Gasteiger partial charge in [-0.15, -0.1) is 0 Å². The normalized spacial score (nSPS) is 18.7. The minimum absolute atomic E-state index is 0.000391. The number of carboxylic acid groups (broad SMARTS) is 1. The van der Waals surface area contributed by atoms with Crippen molar-refractivity contribution in [1.82, 2.24) is 5.32 Å². The van der Waals surface area contributed by atoms with Crippen molar-refractivity contribution in [2.24, 2.45) is 5.73 Å². The zero-order valence-corrected chi connectivity index (χ0v) is 10.6. The Morgan fingerprint density at radius 2 is 2.16 bits per heavy atom. The molecule has 0 heterocycles. The van der Waals surface area contributed by atoms with Crippen LogP contribution in [0, 0.1) is 0 Å². The van der Waals surface area contributed by atoms with Crippen molar-refractivity contribution in [2.45, 2.75) is 37.8 Å². The topological polar surface area (TPSA) is 92.4 Å². The van der Waals surface area contributed by atoms with Crippen LogP contribution < -0.4 is 11.1 Å². The van der Waals surface area contributed by atoms with Gasteiger partial charge in [0.1, 0.15) is 0 Å². The molecule has 2 unspecified atom stereocenters. The van der Waals surface area contributed by atoms with Crippen LogP contribution in [0.25, 0.3) is 0 Å². The number of fused-ring (bicyclic) bond motifs is 1. The third kappa shape index (κ3) is 3.32. The van der Waals surface area contributed by atoms with Gasteiger partial charge in [0.05, 0.1) is 12.1 Å². The highest BCUT2D eigenvalue weighted by Crippen LogP contribution is 2.30. The van der Waals surface area contributed by atoms with Gasteiger partial charge in [0.15, 0.2) is 0 Å². The lowest BCUT2D eigenvalue weighted by Gasteiger charge is -2.17. The molecule has 0 saturated heterocycles. The highest BCUT2D eigenvalue weighted by atomic mass is 16.4. The maximum absolute atomic E-state index is 11.9. The second kappa shape index (κ2) is 5.84. The molecule has 0 radical (unpaired) electrons. The molecule has 1 amide bonds. The third-order valence-corrected chi connectivity index (χ3v) is 3.46. The van der Waals surface area contributed by atoms with E-state index in [9.17, 15) is 9.59 Å². The van der Waals surface area contributed by atoms with E-state index in [-0.39, 0.29) is 24.8 Å². The van der Waals surface area contributed by atoms with Gasteiger partial charge in [-0.2, -0.15) is 0 Å². The van der Waals surface area contributed by atoms with Crippen LogP contribution in [0.15, 0.2) is 24.3 Å². The minimum Gasteiger partial charge on any atom is -0.481 e. The van der Waals surface area contributed by atoms with Gasteiger partial charge in [-0.05, 0) is 30.4 Å². The largest absolute Gasteiger partial charge is 0.481 e. The van der Waals surface area contributed by atoms with Gasteiger partial charge in [-0.3, -0.25) is 9.59 Å². The molecule has 102 valence electrons. The zero-order valence-electron chi connectivity index (χ0n) is 10.6. The smallest absolute Gasteiger partial charge is 0.303 e. The Balaban J connectivity index is 1.92. The SMILES string of the molecule is NC(CCC(=O)O)C(=O)NC1CCc2ccccc21. The maximum Gasteiger partial charge on any atom is 0.303 e. The summed E-state index contributed by atoms with van der Waals surface area (Å²) in [5, 5.41) is 11.5. The van der Waals surface area contributed by atoms with E-state index in [0.717, 1.165) is 18.4 Å². The molecule has 5 nitrogen and oxygen atoms in total. The first kappa shape index (κ1) is 13.5. The summed E-state index contributed by atoms with van der Waals surface area (Å²) in [6.45, 7) is 0. The molecular weight excluding hydrogens is 244 g/mol. The lowest BCUT2D eigenvalue weighted by molar-refractivity contribution is -0.137. The molecule has 1 aliphatic carbocycles. The van der Waals surface area contributed by atoms with Crippen molar-refractivity contribution in [1.29, 1.82) is 0 Å². The van der Waals surface area contributed by atoms with Crippen molar-refractivity contribution in [2.75, 3.05) is 0 Å². The Morgan fingerprint density at radius 1 is 1.42 bits per heavy atom. The summed E-state index contributed by atoms with van der Waals surface area (Å²) in [5.74, 6) is -1.21. The van der Waals surface area contributed by atoms with E-state index in [0.29, 0.717) is 0 Å². The maximum atomic E-state index is 11.9. The first-order valence-corrected chi connectivity index (χ1v) is 6.43. The van der Waals surface area contributed by atoms with Gasteiger partial charge in [0.2, 0.25) is 5.91 Å². The Labute approximate surface area is 111 Å². The van der Waals surface area contributed by atoms with Gasteiger partial charge in [-0.1, -0.05) is 24.3 Å². The fourth-order valence-electron chi connectivity index (χ4n) is 2.40. The van der Waals surface area contributed by atoms with Crippen molar-refractivity contribution >= 4 is 11.9 Å². The number of aryl methyl sites for hydroxylation is 1. The van der Waals surface area contributed by atoms with Crippen LogP contribution in [0.5, 0.6) is 0 Å². The number of aliphatic carboxylic acids is 1. The number of amides is 1. The quantitative estimate of drug-likeness (QED) is 0.737. The van der Waals surface area contributed by atoms with E-state index < -0.39 is 12.0 Å². The monoisotopic (exact) mass is 262 g/mol. The van der Waals surface area contributed by atoms with Gasteiger partial charge >= 0.3 is 5.97 Å². The number of rotatable bonds is 5. The Morgan fingerprint density at radius 3 is 2.89 bits per heavy atom. The Hall–Kier alpha value is -1.88. The molecule has 4 N–H and O–H groups in total. The number of carbonyl (C=O) groups is 2. The molecule has 1 aliphatic rings. The molecule has 0 fully saturated rings. The van der Waals surface area contributed by atoms with Gasteiger partial charge in [-0.25, -0.2) is 0 Å². The molecule has 1 aromatic rings. The van der Waals surface area contributed by atoms with Gasteiger partial charge in [0, 0.05) is 6.42 Å². The predicted octanol–water partition coefficient (Wildman–Crippen LogP) is 0.982. The summed E-state index contributed by atoms with van der Waals surface area (Å²) in [5.41, 5.74) is 8.08. The molecule has 0 aromatic heterocycles. The first-order valence-electron chi connectivity index (χ1n) is 6.43. The minimum atomic E-state index is -0.936. The molecule has 0 bridgehead atoms. The summed E-state index contributed by atoms with van der Waals surface area (Å²) in [6.07, 6.45) is 1.90. The van der Waals surface area contributed by atoms with Crippen molar-refractivity contribution < 1.29 is 14.7 Å². The molecule has 19 heavy (non-hydrogen) atoms. The van der Waals surface area contributed by atoms with Crippen LogP contribution in [-0.2, 0) is 16.0 Å². The molecule has 2 atom stereocenters. The second-order valence-electron chi connectivity index (χ2n) is 4.84. The standard InChI is InChI=1S/C14H18N2O3/c15-11(6-8-13(17)18)14(19)16-12-7-5-9-3-1-2-4-10(9)12/h1-4,11-12H,5-8,15H2,(H,16,19)(H,17,18). The molecular formula is C14H18N2O3. The summed E-state index contributed by atoms with van der Waals surface area (Å²) >= 11 is 0. The number of hydrogen-bond acceptors (Lipinski definition) is 3. The van der Waals surface area contributed by atoms with E-state index in [1.54, 1.807) is 0 Å². The molecule has 1 aromatic carbocycles. The average molecular weight is 262 g/mol. The summed E-state index contributed by atoms with van der Waals surface area (Å²) < 4.78 is 0. The fourth-order valence-corrected chi connectivity index (χ4v) is 2.40. The highest BCUT2D eigenvalue weighted by molar-refractivity contribution is 5.82. The number of benzene rings is 1. The van der Waals surface area contributed by atoms with Crippen LogP contribution >= 0.6 is 0 Å². The van der Waals surface area contributed by atoms with Crippen LogP contribution in [0.4, 0.5) is 0 Å². The van der Waals surface area contributed by atoms with E-state index in [2.05, 4.69) is 11.4 Å². The van der Waals surface area contributed by atoms with E-state index in [4.69, 9.17) is 10.8 Å². The van der Waals surface area contributed by atoms with Crippen molar-refractivity contribution in [3.05, 3.63) is 35.4 Å². The van der Waals surface area contributed by atoms with Gasteiger partial charge < -0.3 is 16.2 Å². The van der Waals surface area contributed by atoms with Gasteiger partial charge in [0.25, 0.3) is 0 Å². The Kier molecular flexibility index (Phi) is 4.16. The average Bonchev–Trinajstić information content (AvgIpc) is 2.79. The van der Waals surface area contributed by atoms with E-state index in [1.807, 2.05) is 18.2 Å². The van der Waals surface area contributed by atoms with Crippen LogP contribution in [0.2, 0.25) is 0 Å². The molecule has 0 spiro atoms. The number of hydrogen-bond donors (Lipinski definition) is 3. The number of carboxylic acids is 1. The highest BCUT2D eigenvalue weighted by Gasteiger charge is 2.25. The first-order chi connectivity index (χ1) is 9.08. The third-order valence-electron chi connectivity index (χ3n) is 3.46. The molecule has 0 saturated carbocycles. The summed E-state index contributed by atoms with van der Waals surface area (Å²) in [4.78, 5) is 22.3. The zero-order chi connectivity index (χ0) is 13.8. The summed E-state index contributed by atoms with van der Waals surface area (Å²) in [7, 11) is 0. The van der Waals surface area contributed by atoms with Crippen LogP contribution in [0.1, 0.15) is 36.4 Å². The van der Waals surface area contributed by atoms with Crippen LogP contribution in [-0.4, -0.2) is 23.0 Å². The van der Waals surface area contributed by atoms with E-state index >= 15 is 0 Å². The predicted molar refractivity (Wildman–Crippen MR) is 70.5 cm³/mol. The lowest BCUT2D eigenvalue weighted by atomic mass is 10.1. The van der Waals surface area contributed by atoms with E-state index in [1.165, 1.54) is 5.56 Å². The molecule has 2 rings (SSSR count). The fraction of sp³-hybridized carbons (Fsp3) is 0.429. The molecule has 0 aliphatic heterocycles.